The van der Waals surface area contributed by atoms with Crippen molar-refractivity contribution in [3.8, 4) is 0 Å². The van der Waals surface area contributed by atoms with Gasteiger partial charge in [0.05, 0.1) is 5.39 Å². The second kappa shape index (κ2) is 3.38. The zero-order valence-electron chi connectivity index (χ0n) is 7.08. The molecule has 0 aliphatic carbocycles. The van der Waals surface area contributed by atoms with Gasteiger partial charge in [-0.2, -0.15) is 0 Å². The number of benzene rings is 1. The molecule has 0 aliphatic rings. The Hall–Kier alpha value is -1.03. The Morgan fingerprint density at radius 2 is 2.38 bits per heavy atom. The van der Waals surface area contributed by atoms with E-state index in [1.807, 2.05) is 6.92 Å². The summed E-state index contributed by atoms with van der Waals surface area (Å²) < 4.78 is 17.9. The summed E-state index contributed by atoms with van der Waals surface area (Å²) in [7, 11) is 0. The van der Waals surface area contributed by atoms with Crippen molar-refractivity contribution in [2.45, 2.75) is 11.9 Å². The highest BCUT2D eigenvalue weighted by Crippen LogP contribution is 2.27. The predicted molar refractivity (Wildman–Crippen MR) is 50.4 cm³/mol. The van der Waals surface area contributed by atoms with Crippen LogP contribution in [0.25, 0.3) is 11.0 Å². The van der Waals surface area contributed by atoms with Gasteiger partial charge >= 0.3 is 0 Å². The SMILES string of the molecule is CCSc1noc2ccc(F)cc12. The first-order valence-corrected chi connectivity index (χ1v) is 4.97. The Morgan fingerprint density at radius 3 is 3.15 bits per heavy atom. The van der Waals surface area contributed by atoms with Gasteiger partial charge in [-0.25, -0.2) is 4.39 Å². The van der Waals surface area contributed by atoms with Crippen LogP contribution in [-0.4, -0.2) is 10.9 Å². The lowest BCUT2D eigenvalue weighted by molar-refractivity contribution is 0.437. The van der Waals surface area contributed by atoms with E-state index in [1.165, 1.54) is 12.1 Å². The largest absolute Gasteiger partial charge is 0.355 e. The molecule has 1 heterocycles. The van der Waals surface area contributed by atoms with E-state index in [-0.39, 0.29) is 5.82 Å². The lowest BCUT2D eigenvalue weighted by Gasteiger charge is -1.91. The molecule has 13 heavy (non-hydrogen) atoms. The maximum Gasteiger partial charge on any atom is 0.168 e. The standard InChI is InChI=1S/C9H8FNOS/c1-2-13-9-7-5-6(10)3-4-8(7)12-11-9/h3-5H,2H2,1H3. The van der Waals surface area contributed by atoms with E-state index in [0.29, 0.717) is 5.58 Å². The van der Waals surface area contributed by atoms with Crippen molar-refractivity contribution in [2.24, 2.45) is 0 Å². The van der Waals surface area contributed by atoms with Gasteiger partial charge in [-0.3, -0.25) is 0 Å². The third-order valence-corrected chi connectivity index (χ3v) is 2.54. The van der Waals surface area contributed by atoms with Crippen LogP contribution in [0, 0.1) is 5.82 Å². The van der Waals surface area contributed by atoms with Crippen molar-refractivity contribution >= 4 is 22.7 Å². The molecule has 0 saturated heterocycles. The molecule has 0 bridgehead atoms. The lowest BCUT2D eigenvalue weighted by atomic mass is 10.3. The Labute approximate surface area is 79.1 Å². The highest BCUT2D eigenvalue weighted by atomic mass is 32.2. The van der Waals surface area contributed by atoms with Crippen LogP contribution in [0.3, 0.4) is 0 Å². The first-order chi connectivity index (χ1) is 6.31. The second-order valence-corrected chi connectivity index (χ2v) is 3.81. The summed E-state index contributed by atoms with van der Waals surface area (Å²) in [6, 6.07) is 4.41. The highest BCUT2D eigenvalue weighted by Gasteiger charge is 2.07. The normalized spacial score (nSPS) is 10.9. The predicted octanol–water partition coefficient (Wildman–Crippen LogP) is 3.08. The third-order valence-electron chi connectivity index (χ3n) is 1.68. The van der Waals surface area contributed by atoms with Crippen molar-refractivity contribution in [3.05, 3.63) is 24.0 Å². The number of fused-ring (bicyclic) bond motifs is 1. The quantitative estimate of drug-likeness (QED) is 0.692. The van der Waals surface area contributed by atoms with Crippen LogP contribution < -0.4 is 0 Å². The van der Waals surface area contributed by atoms with Crippen LogP contribution in [0.1, 0.15) is 6.92 Å². The molecular weight excluding hydrogens is 189 g/mol. The minimum atomic E-state index is -0.256. The zero-order valence-corrected chi connectivity index (χ0v) is 7.90. The van der Waals surface area contributed by atoms with Gasteiger partial charge in [0.25, 0.3) is 0 Å². The number of rotatable bonds is 2. The molecule has 2 aromatic rings. The van der Waals surface area contributed by atoms with Crippen molar-refractivity contribution in [1.29, 1.82) is 0 Å². The van der Waals surface area contributed by atoms with Gasteiger partial charge in [0.2, 0.25) is 0 Å². The Bertz CT molecular complexity index is 426. The van der Waals surface area contributed by atoms with Crippen LogP contribution in [0.15, 0.2) is 27.7 Å². The fraction of sp³-hybridized carbons (Fsp3) is 0.222. The Morgan fingerprint density at radius 1 is 1.54 bits per heavy atom. The average molecular weight is 197 g/mol. The summed E-state index contributed by atoms with van der Waals surface area (Å²) >= 11 is 1.55. The van der Waals surface area contributed by atoms with Crippen LogP contribution >= 0.6 is 11.8 Å². The minimum Gasteiger partial charge on any atom is -0.355 e. The molecule has 1 aromatic carbocycles. The van der Waals surface area contributed by atoms with Crippen molar-refractivity contribution in [3.63, 3.8) is 0 Å². The topological polar surface area (TPSA) is 26.0 Å². The second-order valence-electron chi connectivity index (χ2n) is 2.56. The molecule has 2 nitrogen and oxygen atoms in total. The third kappa shape index (κ3) is 1.54. The fourth-order valence-corrected chi connectivity index (χ4v) is 1.81. The van der Waals surface area contributed by atoms with Gasteiger partial charge in [-0.1, -0.05) is 12.1 Å². The lowest BCUT2D eigenvalue weighted by Crippen LogP contribution is -1.75. The molecule has 1 aromatic heterocycles. The van der Waals surface area contributed by atoms with Gasteiger partial charge in [0.15, 0.2) is 5.58 Å². The van der Waals surface area contributed by atoms with Gasteiger partial charge in [0, 0.05) is 0 Å². The van der Waals surface area contributed by atoms with E-state index in [9.17, 15) is 4.39 Å². The monoisotopic (exact) mass is 197 g/mol. The smallest absolute Gasteiger partial charge is 0.168 e. The summed E-state index contributed by atoms with van der Waals surface area (Å²) in [4.78, 5) is 0. The van der Waals surface area contributed by atoms with Crippen molar-refractivity contribution in [2.75, 3.05) is 5.75 Å². The first-order valence-electron chi connectivity index (χ1n) is 3.99. The molecular formula is C9H8FNOS. The summed E-state index contributed by atoms with van der Waals surface area (Å²) in [6.07, 6.45) is 0. The molecule has 0 aliphatic heterocycles. The molecule has 4 heteroatoms. The number of hydrogen-bond donors (Lipinski definition) is 0. The molecule has 68 valence electrons. The molecule has 0 fully saturated rings. The molecule has 0 N–H and O–H groups in total. The fourth-order valence-electron chi connectivity index (χ4n) is 1.13. The maximum atomic E-state index is 12.9. The molecule has 0 atom stereocenters. The molecule has 2 rings (SSSR count). The van der Waals surface area contributed by atoms with Crippen LogP contribution in [-0.2, 0) is 0 Å². The molecule has 0 saturated carbocycles. The van der Waals surface area contributed by atoms with E-state index < -0.39 is 0 Å². The van der Waals surface area contributed by atoms with Gasteiger partial charge in [0.1, 0.15) is 10.8 Å². The average Bonchev–Trinajstić information content (AvgIpc) is 2.49. The Kier molecular flexibility index (Phi) is 2.22. The van der Waals surface area contributed by atoms with Crippen molar-refractivity contribution < 1.29 is 8.91 Å². The molecule has 0 unspecified atom stereocenters. The van der Waals surface area contributed by atoms with Gasteiger partial charge in [-0.05, 0) is 24.0 Å². The van der Waals surface area contributed by atoms with E-state index in [1.54, 1.807) is 17.8 Å². The number of nitrogens with zero attached hydrogens (tertiary/aromatic N) is 1. The molecule has 0 radical (unpaired) electrons. The number of halogens is 1. The highest BCUT2D eigenvalue weighted by molar-refractivity contribution is 7.99. The zero-order chi connectivity index (χ0) is 9.26. The summed E-state index contributed by atoms with van der Waals surface area (Å²) in [6.45, 7) is 2.02. The van der Waals surface area contributed by atoms with Gasteiger partial charge in [-0.15, -0.1) is 11.8 Å². The number of aromatic nitrogens is 1. The van der Waals surface area contributed by atoms with E-state index in [4.69, 9.17) is 4.52 Å². The first kappa shape index (κ1) is 8.56. The van der Waals surface area contributed by atoms with E-state index in [0.717, 1.165) is 16.2 Å². The summed E-state index contributed by atoms with van der Waals surface area (Å²) in [5, 5.41) is 5.36. The molecule has 0 spiro atoms. The minimum absolute atomic E-state index is 0.256. The number of thioether (sulfide) groups is 1. The van der Waals surface area contributed by atoms with Crippen LogP contribution in [0.2, 0.25) is 0 Å². The van der Waals surface area contributed by atoms with Crippen LogP contribution in [0.5, 0.6) is 0 Å². The molecule has 0 amide bonds. The van der Waals surface area contributed by atoms with Crippen molar-refractivity contribution in [1.82, 2.24) is 5.16 Å². The van der Waals surface area contributed by atoms with E-state index in [2.05, 4.69) is 5.16 Å². The van der Waals surface area contributed by atoms with Gasteiger partial charge < -0.3 is 4.52 Å². The summed E-state index contributed by atoms with van der Waals surface area (Å²) in [5.74, 6) is 0.645. The Balaban J connectivity index is 2.58. The van der Waals surface area contributed by atoms with E-state index >= 15 is 0 Å². The summed E-state index contributed by atoms with van der Waals surface area (Å²) in [5.41, 5.74) is 0.636. The number of hydrogen-bond acceptors (Lipinski definition) is 3. The maximum absolute atomic E-state index is 12.9. The van der Waals surface area contributed by atoms with Crippen LogP contribution in [0.4, 0.5) is 4.39 Å².